The molecule has 2 aromatic carbocycles. The lowest BCUT2D eigenvalue weighted by Crippen LogP contribution is -2.47. The van der Waals surface area contributed by atoms with Gasteiger partial charge in [-0.3, -0.25) is 0 Å². The zero-order valence-electron chi connectivity index (χ0n) is 17.3. The molecular formula is C23H31FNO2S+. The van der Waals surface area contributed by atoms with Gasteiger partial charge in [-0.05, 0) is 31.2 Å². The Balaban J connectivity index is 2.43. The summed E-state index contributed by atoms with van der Waals surface area (Å²) in [7, 11) is 2.15. The van der Waals surface area contributed by atoms with Crippen molar-refractivity contribution in [2.45, 2.75) is 25.5 Å². The number of carbonyl (C=O) groups is 1. The molecule has 1 atom stereocenters. The van der Waals surface area contributed by atoms with Gasteiger partial charge in [0.2, 0.25) is 0 Å². The third-order valence-corrected chi connectivity index (χ3v) is 6.82. The van der Waals surface area contributed by atoms with E-state index in [9.17, 15) is 9.18 Å². The number of hydrogen-bond acceptors (Lipinski definition) is 3. The van der Waals surface area contributed by atoms with Gasteiger partial charge in [0.25, 0.3) is 0 Å². The monoisotopic (exact) mass is 404 g/mol. The second kappa shape index (κ2) is 10.1. The molecule has 2 aromatic rings. The summed E-state index contributed by atoms with van der Waals surface area (Å²) in [4.78, 5) is 13.5. The molecule has 0 saturated carbocycles. The van der Waals surface area contributed by atoms with Gasteiger partial charge < -0.3 is 9.22 Å². The van der Waals surface area contributed by atoms with Crippen LogP contribution in [0.1, 0.15) is 31.9 Å². The lowest BCUT2D eigenvalue weighted by atomic mass is 9.89. The summed E-state index contributed by atoms with van der Waals surface area (Å²) in [5.41, 5.74) is 1.08. The van der Waals surface area contributed by atoms with E-state index in [0.29, 0.717) is 17.9 Å². The van der Waals surface area contributed by atoms with Crippen LogP contribution in [0.15, 0.2) is 54.6 Å². The molecule has 0 fully saturated rings. The van der Waals surface area contributed by atoms with Crippen LogP contribution in [0.3, 0.4) is 0 Å². The molecule has 0 heterocycles. The van der Waals surface area contributed by atoms with Gasteiger partial charge in [-0.25, -0.2) is 9.18 Å². The summed E-state index contributed by atoms with van der Waals surface area (Å²) < 4.78 is 20.2. The summed E-state index contributed by atoms with van der Waals surface area (Å²) in [5, 5.41) is 0. The maximum Gasteiger partial charge on any atom is 0.331 e. The van der Waals surface area contributed by atoms with Crippen LogP contribution in [-0.4, -0.2) is 49.5 Å². The van der Waals surface area contributed by atoms with Crippen LogP contribution in [0.2, 0.25) is 0 Å². The first-order chi connectivity index (χ1) is 13.4. The molecule has 0 saturated heterocycles. The lowest BCUT2D eigenvalue weighted by Gasteiger charge is -2.34. The summed E-state index contributed by atoms with van der Waals surface area (Å²) in [6.07, 6.45) is 0. The molecule has 0 radical (unpaired) electrons. The number of quaternary nitrogens is 1. The van der Waals surface area contributed by atoms with Crippen molar-refractivity contribution in [3.8, 4) is 0 Å². The second-order valence-corrected chi connectivity index (χ2v) is 8.55. The van der Waals surface area contributed by atoms with Crippen LogP contribution >= 0.6 is 11.8 Å². The van der Waals surface area contributed by atoms with Crippen molar-refractivity contribution in [1.29, 1.82) is 0 Å². The summed E-state index contributed by atoms with van der Waals surface area (Å²) in [5.74, 6) is -0.155. The molecule has 0 aromatic heterocycles. The number of benzene rings is 2. The van der Waals surface area contributed by atoms with Crippen molar-refractivity contribution in [3.63, 3.8) is 0 Å². The highest BCUT2D eigenvalue weighted by atomic mass is 32.2. The van der Waals surface area contributed by atoms with E-state index in [-0.39, 0.29) is 0 Å². The highest BCUT2D eigenvalue weighted by molar-refractivity contribution is 8.01. The first kappa shape index (κ1) is 22.4. The Morgan fingerprint density at radius 3 is 2.21 bits per heavy atom. The number of halogens is 1. The number of carbonyl (C=O) groups excluding carboxylic acids is 1. The van der Waals surface area contributed by atoms with Crippen molar-refractivity contribution in [1.82, 2.24) is 0 Å². The van der Waals surface area contributed by atoms with E-state index in [2.05, 4.69) is 20.9 Å². The van der Waals surface area contributed by atoms with Crippen LogP contribution in [0.25, 0.3) is 0 Å². The van der Waals surface area contributed by atoms with Gasteiger partial charge in [-0.1, -0.05) is 55.5 Å². The molecule has 0 aliphatic heterocycles. The van der Waals surface area contributed by atoms with Crippen molar-refractivity contribution in [2.24, 2.45) is 0 Å². The molecular weight excluding hydrogens is 373 g/mol. The van der Waals surface area contributed by atoms with E-state index in [0.717, 1.165) is 29.7 Å². The van der Waals surface area contributed by atoms with Crippen molar-refractivity contribution in [3.05, 3.63) is 71.5 Å². The highest BCUT2D eigenvalue weighted by Gasteiger charge is 2.45. The Morgan fingerprint density at radius 2 is 1.64 bits per heavy atom. The molecule has 0 aliphatic rings. The van der Waals surface area contributed by atoms with E-state index in [4.69, 9.17) is 4.74 Å². The Kier molecular flexibility index (Phi) is 8.08. The zero-order valence-corrected chi connectivity index (χ0v) is 18.1. The molecule has 0 spiro atoms. The molecule has 1 unspecified atom stereocenters. The third-order valence-electron chi connectivity index (χ3n) is 5.47. The highest BCUT2D eigenvalue weighted by Crippen LogP contribution is 2.45. The Morgan fingerprint density at radius 1 is 1.04 bits per heavy atom. The Bertz CT molecular complexity index is 764. The fraction of sp³-hybridized carbons (Fsp3) is 0.435. The first-order valence-corrected chi connectivity index (χ1v) is 10.9. The fourth-order valence-corrected chi connectivity index (χ4v) is 4.47. The average molecular weight is 405 g/mol. The first-order valence-electron chi connectivity index (χ1n) is 9.88. The molecule has 28 heavy (non-hydrogen) atoms. The van der Waals surface area contributed by atoms with Gasteiger partial charge >= 0.3 is 5.97 Å². The van der Waals surface area contributed by atoms with Gasteiger partial charge in [0, 0.05) is 5.56 Å². The van der Waals surface area contributed by atoms with Gasteiger partial charge in [-0.15, -0.1) is 11.8 Å². The number of thioether (sulfide) groups is 1. The average Bonchev–Trinajstić information content (AvgIpc) is 2.73. The molecule has 0 N–H and O–H groups in total. The number of rotatable bonds is 10. The van der Waals surface area contributed by atoms with E-state index in [1.165, 1.54) is 17.8 Å². The van der Waals surface area contributed by atoms with Gasteiger partial charge in [-0.2, -0.15) is 0 Å². The predicted molar refractivity (Wildman–Crippen MR) is 115 cm³/mol. The lowest BCUT2D eigenvalue weighted by molar-refractivity contribution is -0.906. The molecule has 0 amide bonds. The third kappa shape index (κ3) is 4.76. The Hall–Kier alpha value is -1.85. The van der Waals surface area contributed by atoms with E-state index >= 15 is 0 Å². The second-order valence-electron chi connectivity index (χ2n) is 7.07. The predicted octanol–water partition coefficient (Wildman–Crippen LogP) is 4.85. The van der Waals surface area contributed by atoms with E-state index in [1.807, 2.05) is 37.3 Å². The molecule has 0 bridgehead atoms. The number of hydrogen-bond donors (Lipinski definition) is 0. The number of esters is 1. The molecule has 2 rings (SSSR count). The van der Waals surface area contributed by atoms with Gasteiger partial charge in [0.05, 0.1) is 20.1 Å². The van der Waals surface area contributed by atoms with Gasteiger partial charge in [0.15, 0.2) is 4.75 Å². The summed E-state index contributed by atoms with van der Waals surface area (Å²) in [6.45, 7) is 9.21. The molecule has 0 aliphatic carbocycles. The minimum Gasteiger partial charge on any atom is -0.458 e. The van der Waals surface area contributed by atoms with Crippen LogP contribution in [0, 0.1) is 5.82 Å². The SMILES string of the molecule is CCSC(C(=O)OCC[N+](C)(CC)CC)(c1ccccc1)c1ccccc1F. The van der Waals surface area contributed by atoms with Gasteiger partial charge in [0.1, 0.15) is 19.0 Å². The normalized spacial score (nSPS) is 13.8. The molecule has 3 nitrogen and oxygen atoms in total. The van der Waals surface area contributed by atoms with Crippen molar-refractivity contribution >= 4 is 17.7 Å². The van der Waals surface area contributed by atoms with Crippen LogP contribution < -0.4 is 0 Å². The number of nitrogens with zero attached hydrogens (tertiary/aromatic N) is 1. The van der Waals surface area contributed by atoms with Crippen LogP contribution in [0.4, 0.5) is 4.39 Å². The fourth-order valence-electron chi connectivity index (χ4n) is 3.24. The molecule has 5 heteroatoms. The largest absolute Gasteiger partial charge is 0.458 e. The molecule has 152 valence electrons. The minimum absolute atomic E-state index is 0.310. The minimum atomic E-state index is -1.22. The van der Waals surface area contributed by atoms with Crippen LogP contribution in [-0.2, 0) is 14.3 Å². The Labute approximate surface area is 172 Å². The van der Waals surface area contributed by atoms with Crippen molar-refractivity contribution in [2.75, 3.05) is 39.0 Å². The number of likely N-dealkylation sites (N-methyl/N-ethyl adjacent to an activating group) is 1. The maximum atomic E-state index is 14.9. The van der Waals surface area contributed by atoms with Crippen LogP contribution in [0.5, 0.6) is 0 Å². The van der Waals surface area contributed by atoms with E-state index in [1.54, 1.807) is 18.2 Å². The quantitative estimate of drug-likeness (QED) is 0.418. The number of ether oxygens (including phenoxy) is 1. The summed E-state index contributed by atoms with van der Waals surface area (Å²) in [6, 6.07) is 15.9. The van der Waals surface area contributed by atoms with Crippen molar-refractivity contribution < 1.29 is 18.4 Å². The standard InChI is InChI=1S/C23H31FNO2S/c1-5-25(4,6-2)17-18-27-22(26)23(28-7-3,19-13-9-8-10-14-19)20-15-11-12-16-21(20)24/h8-16H,5-7,17-18H2,1-4H3/q+1. The zero-order chi connectivity index (χ0) is 20.6. The topological polar surface area (TPSA) is 26.3 Å². The van der Waals surface area contributed by atoms with E-state index < -0.39 is 16.5 Å². The maximum absolute atomic E-state index is 14.9. The summed E-state index contributed by atoms with van der Waals surface area (Å²) >= 11 is 1.40. The smallest absolute Gasteiger partial charge is 0.331 e.